The molecule has 0 unspecified atom stereocenters. The van der Waals surface area contributed by atoms with Crippen LogP contribution >= 0.6 is 11.6 Å². The highest BCUT2D eigenvalue weighted by atomic mass is 35.5. The number of fused-ring (bicyclic) bond motifs is 2. The average Bonchev–Trinajstić information content (AvgIpc) is 3.66. The van der Waals surface area contributed by atoms with Crippen molar-refractivity contribution in [2.24, 2.45) is 0 Å². The minimum Gasteiger partial charge on any atom is -0.331 e. The summed E-state index contributed by atoms with van der Waals surface area (Å²) in [5.74, 6) is -0.895. The topological polar surface area (TPSA) is 92.2 Å². The Kier molecular flexibility index (Phi) is 5.94. The molecule has 6 rings (SSSR count). The van der Waals surface area contributed by atoms with E-state index in [-0.39, 0.29) is 33.9 Å². The number of nitrogens with zero attached hydrogens (tertiary/aromatic N) is 4. The van der Waals surface area contributed by atoms with Crippen molar-refractivity contribution in [3.8, 4) is 16.9 Å². The first-order valence-corrected chi connectivity index (χ1v) is 12.3. The maximum absolute atomic E-state index is 14.3. The van der Waals surface area contributed by atoms with E-state index in [2.05, 4.69) is 20.7 Å². The summed E-state index contributed by atoms with van der Waals surface area (Å²) in [6, 6.07) is 18.7. The summed E-state index contributed by atoms with van der Waals surface area (Å²) in [7, 11) is 0. The second kappa shape index (κ2) is 9.42. The largest absolute Gasteiger partial charge is 0.331 e. The lowest BCUT2D eigenvalue weighted by Crippen LogP contribution is -2.46. The molecule has 10 heteroatoms. The maximum Gasteiger partial charge on any atom is 0.274 e. The molecule has 4 aromatic rings. The van der Waals surface area contributed by atoms with E-state index in [9.17, 15) is 14.0 Å². The number of para-hydroxylation sites is 1. The lowest BCUT2D eigenvalue weighted by molar-refractivity contribution is 0.0709. The molecule has 186 valence electrons. The van der Waals surface area contributed by atoms with Gasteiger partial charge >= 0.3 is 0 Å². The lowest BCUT2D eigenvalue weighted by atomic mass is 10.1. The van der Waals surface area contributed by atoms with Crippen LogP contribution in [0.25, 0.3) is 16.9 Å². The smallest absolute Gasteiger partial charge is 0.274 e. The molecule has 8 nitrogen and oxygen atoms in total. The fourth-order valence-electron chi connectivity index (χ4n) is 4.93. The molecular formula is C27H22ClFN6O2. The van der Waals surface area contributed by atoms with Crippen LogP contribution in [0.1, 0.15) is 27.3 Å². The zero-order valence-corrected chi connectivity index (χ0v) is 20.3. The molecule has 2 fully saturated rings. The number of carbonyl (C=O) groups is 2. The van der Waals surface area contributed by atoms with Crippen molar-refractivity contribution in [1.29, 1.82) is 0 Å². The van der Waals surface area contributed by atoms with E-state index in [0.29, 0.717) is 29.7 Å². The summed E-state index contributed by atoms with van der Waals surface area (Å²) in [5.41, 5.74) is 1.59. The molecular weight excluding hydrogens is 495 g/mol. The fraction of sp³-hybridized carbons (Fsp3) is 0.185. The Labute approximate surface area is 217 Å². The minimum atomic E-state index is -0.524. The monoisotopic (exact) mass is 516 g/mol. The van der Waals surface area contributed by atoms with E-state index in [4.69, 9.17) is 11.6 Å². The van der Waals surface area contributed by atoms with Gasteiger partial charge in [-0.1, -0.05) is 35.9 Å². The van der Waals surface area contributed by atoms with Crippen LogP contribution in [0.3, 0.4) is 0 Å². The van der Waals surface area contributed by atoms with Gasteiger partial charge in [-0.05, 0) is 42.8 Å². The second-order valence-electron chi connectivity index (χ2n) is 9.10. The molecule has 2 aliphatic rings. The van der Waals surface area contributed by atoms with Gasteiger partial charge in [-0.15, -0.1) is 0 Å². The molecule has 2 saturated heterocycles. The number of anilines is 1. The third-order valence-electron chi connectivity index (χ3n) is 6.73. The number of piperazine rings is 1. The van der Waals surface area contributed by atoms with Crippen LogP contribution in [0.2, 0.25) is 5.02 Å². The molecule has 2 bridgehead atoms. The minimum absolute atomic E-state index is 0.116. The Balaban J connectivity index is 1.34. The van der Waals surface area contributed by atoms with Crippen LogP contribution < -0.4 is 10.6 Å². The average molecular weight is 517 g/mol. The molecule has 0 radical (unpaired) electrons. The van der Waals surface area contributed by atoms with Crippen LogP contribution in [0.4, 0.5) is 10.2 Å². The summed E-state index contributed by atoms with van der Waals surface area (Å²) in [6.07, 6.45) is 2.41. The van der Waals surface area contributed by atoms with Crippen molar-refractivity contribution in [1.82, 2.24) is 25.0 Å². The molecule has 2 atom stereocenters. The molecule has 4 heterocycles. The van der Waals surface area contributed by atoms with Crippen molar-refractivity contribution < 1.29 is 14.0 Å². The zero-order chi connectivity index (χ0) is 25.5. The van der Waals surface area contributed by atoms with Gasteiger partial charge in [-0.3, -0.25) is 14.6 Å². The maximum atomic E-state index is 14.3. The van der Waals surface area contributed by atoms with E-state index in [1.54, 1.807) is 12.1 Å². The van der Waals surface area contributed by atoms with Gasteiger partial charge in [0, 0.05) is 43.0 Å². The highest BCUT2D eigenvalue weighted by Gasteiger charge is 2.41. The van der Waals surface area contributed by atoms with Gasteiger partial charge in [0.05, 0.1) is 16.3 Å². The molecule has 0 aliphatic carbocycles. The summed E-state index contributed by atoms with van der Waals surface area (Å²) < 4.78 is 15.8. The van der Waals surface area contributed by atoms with Gasteiger partial charge in [0.25, 0.3) is 11.8 Å². The quantitative estimate of drug-likeness (QED) is 0.415. The number of amides is 2. The second-order valence-corrected chi connectivity index (χ2v) is 9.50. The molecule has 0 spiro atoms. The summed E-state index contributed by atoms with van der Waals surface area (Å²) >= 11 is 6.36. The Hall–Kier alpha value is -4.08. The predicted molar refractivity (Wildman–Crippen MR) is 137 cm³/mol. The zero-order valence-electron chi connectivity index (χ0n) is 19.6. The number of hydrogen-bond acceptors (Lipinski definition) is 5. The van der Waals surface area contributed by atoms with Crippen LogP contribution in [0, 0.1) is 5.82 Å². The number of nitrogens with one attached hydrogen (secondary N) is 2. The van der Waals surface area contributed by atoms with Crippen molar-refractivity contribution in [3.05, 3.63) is 95.0 Å². The van der Waals surface area contributed by atoms with E-state index >= 15 is 0 Å². The standard InChI is InChI=1S/C27H22ClFN6O2/c28-21-9-8-16(25-22(29)7-4-10-30-25)11-20(21)26(36)32-24-13-23(33-35(24)18-5-2-1-3-6-18)27(37)34-15-17-12-19(34)14-31-17/h1-11,13,17,19,31H,12,14-15H2,(H,32,36)/t17-,19-/m0/s1. The fourth-order valence-corrected chi connectivity index (χ4v) is 5.13. The molecule has 2 aromatic carbocycles. The normalized spacial score (nSPS) is 18.3. The number of aromatic nitrogens is 3. The summed E-state index contributed by atoms with van der Waals surface area (Å²) in [4.78, 5) is 32.6. The van der Waals surface area contributed by atoms with Crippen LogP contribution in [0.5, 0.6) is 0 Å². The van der Waals surface area contributed by atoms with Gasteiger partial charge in [0.2, 0.25) is 0 Å². The summed E-state index contributed by atoms with van der Waals surface area (Å²) in [5, 5.41) is 11.0. The Morgan fingerprint density at radius 2 is 1.92 bits per heavy atom. The number of benzene rings is 2. The number of rotatable bonds is 5. The Bertz CT molecular complexity index is 1510. The molecule has 0 saturated carbocycles. The van der Waals surface area contributed by atoms with E-state index in [0.717, 1.165) is 13.0 Å². The van der Waals surface area contributed by atoms with Crippen LogP contribution in [-0.4, -0.2) is 56.7 Å². The highest BCUT2D eigenvalue weighted by molar-refractivity contribution is 6.34. The van der Waals surface area contributed by atoms with Gasteiger partial charge in [0.15, 0.2) is 5.69 Å². The molecule has 37 heavy (non-hydrogen) atoms. The first-order chi connectivity index (χ1) is 18.0. The van der Waals surface area contributed by atoms with Gasteiger partial charge in [-0.2, -0.15) is 5.10 Å². The Morgan fingerprint density at radius 3 is 2.65 bits per heavy atom. The van der Waals surface area contributed by atoms with Crippen molar-refractivity contribution in [2.75, 3.05) is 18.4 Å². The predicted octanol–water partition coefficient (Wildman–Crippen LogP) is 4.17. The number of carbonyl (C=O) groups excluding carboxylic acids is 2. The van der Waals surface area contributed by atoms with Crippen LogP contribution in [-0.2, 0) is 0 Å². The molecule has 2 amide bonds. The van der Waals surface area contributed by atoms with Crippen molar-refractivity contribution >= 4 is 29.2 Å². The van der Waals surface area contributed by atoms with Crippen LogP contribution in [0.15, 0.2) is 72.9 Å². The van der Waals surface area contributed by atoms with Gasteiger partial charge < -0.3 is 15.5 Å². The lowest BCUT2D eigenvalue weighted by Gasteiger charge is -2.26. The molecule has 2 aromatic heterocycles. The first kappa shape index (κ1) is 23.3. The van der Waals surface area contributed by atoms with E-state index in [1.807, 2.05) is 35.2 Å². The van der Waals surface area contributed by atoms with E-state index in [1.165, 1.54) is 35.1 Å². The van der Waals surface area contributed by atoms with Crippen molar-refractivity contribution in [2.45, 2.75) is 18.5 Å². The van der Waals surface area contributed by atoms with Crippen molar-refractivity contribution in [3.63, 3.8) is 0 Å². The van der Waals surface area contributed by atoms with E-state index < -0.39 is 11.7 Å². The molecule has 2 N–H and O–H groups in total. The summed E-state index contributed by atoms with van der Waals surface area (Å²) in [6.45, 7) is 1.40. The number of hydrogen-bond donors (Lipinski definition) is 2. The molecule has 2 aliphatic heterocycles. The first-order valence-electron chi connectivity index (χ1n) is 11.9. The SMILES string of the molecule is O=C(Nc1cc(C(=O)N2C[C@@H]3C[C@H]2CN3)nn1-c1ccccc1)c1cc(-c2ncccc2F)ccc1Cl. The number of pyridine rings is 1. The third kappa shape index (κ3) is 4.36. The number of halogens is 2. The highest BCUT2D eigenvalue weighted by Crippen LogP contribution is 2.29. The third-order valence-corrected chi connectivity index (χ3v) is 7.06. The Morgan fingerprint density at radius 1 is 1.08 bits per heavy atom. The van der Waals surface area contributed by atoms with Gasteiger partial charge in [0.1, 0.15) is 17.3 Å². The number of likely N-dealkylation sites (tertiary alicyclic amines) is 1. The van der Waals surface area contributed by atoms with Gasteiger partial charge in [-0.25, -0.2) is 9.07 Å².